The van der Waals surface area contributed by atoms with Crippen molar-refractivity contribution in [3.8, 4) is 0 Å². The molecule has 43 heavy (non-hydrogen) atoms. The monoisotopic (exact) mass is 675 g/mol. The van der Waals surface area contributed by atoms with Gasteiger partial charge in [-0.15, -0.1) is 0 Å². The van der Waals surface area contributed by atoms with Crippen molar-refractivity contribution in [3.63, 3.8) is 0 Å². The molecule has 0 aliphatic carbocycles. The number of anilines is 1. The number of aromatic nitrogens is 6. The number of thiol groups is 1. The Labute approximate surface area is 252 Å². The van der Waals surface area contributed by atoms with E-state index < -0.39 is 75.9 Å². The molecule has 0 saturated carbocycles. The highest BCUT2D eigenvalue weighted by molar-refractivity contribution is 8.44. The number of aliphatic hydroxyl groups is 1. The van der Waals surface area contributed by atoms with Crippen LogP contribution in [0.15, 0.2) is 43.2 Å². The summed E-state index contributed by atoms with van der Waals surface area (Å²) in [5, 5.41) is 11.2. The molecule has 4 N–H and O–H groups in total. The minimum Gasteiger partial charge on any atom is -0.386 e. The SMILES string of the molecule is Nc1ncnc2c1ncn2[C@@H]1O[C@@H]2COP(O)(=S)O[C@@H]3C(O)[C@H](n4cnc5ccccc54)O[C@@H]3COP(=O)(S)OC2[C@@H]1F. The van der Waals surface area contributed by atoms with Crippen LogP contribution in [0.4, 0.5) is 10.2 Å². The van der Waals surface area contributed by atoms with Crippen LogP contribution in [0, 0.1) is 0 Å². The summed E-state index contributed by atoms with van der Waals surface area (Å²) in [6.45, 7) is -9.45. The van der Waals surface area contributed by atoms with E-state index in [1.165, 1.54) is 23.5 Å². The van der Waals surface area contributed by atoms with E-state index in [9.17, 15) is 14.6 Å². The van der Waals surface area contributed by atoms with Crippen LogP contribution in [-0.2, 0) is 43.9 Å². The van der Waals surface area contributed by atoms with Crippen molar-refractivity contribution in [1.82, 2.24) is 29.1 Å². The molecule has 7 rings (SSSR count). The highest BCUT2D eigenvalue weighted by Gasteiger charge is 2.53. The first-order chi connectivity index (χ1) is 20.5. The molecule has 3 aliphatic heterocycles. The van der Waals surface area contributed by atoms with Crippen molar-refractivity contribution in [3.05, 3.63) is 43.2 Å². The highest BCUT2D eigenvalue weighted by Crippen LogP contribution is 2.58. The Hall–Kier alpha value is -2.12. The Morgan fingerprint density at radius 2 is 1.72 bits per heavy atom. The molecule has 10 atom stereocenters. The van der Waals surface area contributed by atoms with Gasteiger partial charge in [0.15, 0.2) is 30.1 Å². The van der Waals surface area contributed by atoms with E-state index in [0.717, 1.165) is 0 Å². The lowest BCUT2D eigenvalue weighted by atomic mass is 10.1. The predicted molar refractivity (Wildman–Crippen MR) is 153 cm³/mol. The van der Waals surface area contributed by atoms with Crippen LogP contribution in [0.1, 0.15) is 12.5 Å². The summed E-state index contributed by atoms with van der Waals surface area (Å²) < 4.78 is 66.4. The lowest BCUT2D eigenvalue weighted by Crippen LogP contribution is -2.38. The minimum absolute atomic E-state index is 0.0769. The number of hydrogen-bond donors (Lipinski definition) is 4. The number of halogens is 1. The van der Waals surface area contributed by atoms with Crippen molar-refractivity contribution in [1.29, 1.82) is 0 Å². The molecule has 0 bridgehead atoms. The van der Waals surface area contributed by atoms with Gasteiger partial charge in [0.2, 0.25) is 0 Å². The molecule has 6 heterocycles. The van der Waals surface area contributed by atoms with E-state index in [4.69, 9.17) is 45.1 Å². The van der Waals surface area contributed by atoms with E-state index in [0.29, 0.717) is 11.0 Å². The Morgan fingerprint density at radius 3 is 2.56 bits per heavy atom. The zero-order valence-electron chi connectivity index (χ0n) is 21.7. The number of alkyl halides is 1. The molecule has 21 heteroatoms. The van der Waals surface area contributed by atoms with Crippen LogP contribution in [0.25, 0.3) is 22.2 Å². The summed E-state index contributed by atoms with van der Waals surface area (Å²) >= 11 is 9.28. The molecular weight excluding hydrogens is 651 g/mol. The lowest BCUT2D eigenvalue weighted by Gasteiger charge is -2.29. The van der Waals surface area contributed by atoms with E-state index in [-0.39, 0.29) is 17.0 Å². The predicted octanol–water partition coefficient (Wildman–Crippen LogP) is 2.02. The molecule has 4 unspecified atom stereocenters. The molecule has 0 amide bonds. The van der Waals surface area contributed by atoms with Crippen molar-refractivity contribution in [2.24, 2.45) is 0 Å². The van der Waals surface area contributed by atoms with Gasteiger partial charge in [-0.1, -0.05) is 24.4 Å². The topological polar surface area (TPSA) is 200 Å². The van der Waals surface area contributed by atoms with Gasteiger partial charge in [-0.2, -0.15) is 0 Å². The van der Waals surface area contributed by atoms with Gasteiger partial charge in [0, 0.05) is 0 Å². The second-order valence-corrected chi connectivity index (χ2v) is 15.6. The number of hydrogen-bond acceptors (Lipinski definition) is 14. The maximum absolute atomic E-state index is 16.0. The van der Waals surface area contributed by atoms with Gasteiger partial charge < -0.3 is 34.3 Å². The lowest BCUT2D eigenvalue weighted by molar-refractivity contribution is -0.0569. The van der Waals surface area contributed by atoms with Crippen LogP contribution >= 0.6 is 25.8 Å². The summed E-state index contributed by atoms with van der Waals surface area (Å²) in [7, 11) is 0. The van der Waals surface area contributed by atoms with Gasteiger partial charge in [-0.3, -0.25) is 18.1 Å². The summed E-state index contributed by atoms with van der Waals surface area (Å²) in [5.74, 6) is 0.0769. The van der Waals surface area contributed by atoms with E-state index >= 15 is 4.39 Å². The highest BCUT2D eigenvalue weighted by atomic mass is 32.7. The summed E-state index contributed by atoms with van der Waals surface area (Å²) in [6.07, 6.45) is -7.13. The van der Waals surface area contributed by atoms with Crippen LogP contribution in [0.3, 0.4) is 0 Å². The van der Waals surface area contributed by atoms with Crippen LogP contribution < -0.4 is 5.73 Å². The number of nitrogens with zero attached hydrogens (tertiary/aromatic N) is 6. The van der Waals surface area contributed by atoms with Crippen LogP contribution in [0.5, 0.6) is 0 Å². The number of para-hydroxylation sites is 2. The Morgan fingerprint density at radius 1 is 1.00 bits per heavy atom. The molecule has 3 fully saturated rings. The number of imidazole rings is 2. The molecule has 4 aromatic rings. The zero-order valence-corrected chi connectivity index (χ0v) is 25.2. The number of nitrogens with two attached hydrogens (primary N) is 1. The fraction of sp³-hybridized carbons (Fsp3) is 0.455. The summed E-state index contributed by atoms with van der Waals surface area (Å²) in [4.78, 5) is 27.4. The van der Waals surface area contributed by atoms with Gasteiger partial charge in [0.25, 0.3) is 0 Å². The number of benzene rings is 1. The summed E-state index contributed by atoms with van der Waals surface area (Å²) in [5.41, 5.74) is 7.55. The first-order valence-corrected chi connectivity index (χ1v) is 18.1. The number of ether oxygens (including phenoxy) is 2. The fourth-order valence-electron chi connectivity index (χ4n) is 5.33. The molecule has 3 aliphatic rings. The van der Waals surface area contributed by atoms with Crippen molar-refractivity contribution in [2.75, 3.05) is 18.9 Å². The average Bonchev–Trinajstić information content (AvgIpc) is 3.72. The second kappa shape index (κ2) is 11.0. The van der Waals surface area contributed by atoms with Crippen molar-refractivity contribution in [2.45, 2.75) is 49.1 Å². The standard InChI is InChI=1S/C22H24FN7O9P2S2/c23-14-17-12(36-21(14)30-9-28-15-19(24)25-7-26-20(15)30)5-34-41(33,43)39-18-13(6-35-40(32,42)38-17)37-22(16(18)31)29-8-27-10-3-1-2-4-11(10)29/h1-4,7-9,12-14,16-18,21-22,31H,5-6H2,(H,32,42)(H,33,43)(H2,24,25,26)/t12-,13-,14+,16?,17?,18+,21-,22-,40?,41?/m1/s1. The molecule has 0 spiro atoms. The average molecular weight is 676 g/mol. The molecule has 3 saturated heterocycles. The number of aliphatic hydroxyl groups excluding tert-OH is 1. The molecule has 3 aromatic heterocycles. The van der Waals surface area contributed by atoms with Gasteiger partial charge in [0.05, 0.1) is 36.9 Å². The van der Waals surface area contributed by atoms with Crippen molar-refractivity contribution < 1.29 is 46.5 Å². The minimum atomic E-state index is -4.29. The number of rotatable bonds is 2. The number of nitrogen functional groups attached to an aromatic ring is 1. The quantitative estimate of drug-likeness (QED) is 0.178. The fourth-order valence-corrected chi connectivity index (χ4v) is 8.26. The molecular formula is C22H24FN7O9P2S2. The smallest absolute Gasteiger partial charge is 0.386 e. The molecule has 1 aromatic carbocycles. The molecule has 16 nitrogen and oxygen atoms in total. The molecule has 0 radical (unpaired) electrons. The first-order valence-electron chi connectivity index (χ1n) is 12.8. The maximum atomic E-state index is 16.0. The van der Waals surface area contributed by atoms with Gasteiger partial charge >= 0.3 is 13.5 Å². The zero-order chi connectivity index (χ0) is 30.1. The third-order valence-corrected chi connectivity index (χ3v) is 10.5. The first kappa shape index (κ1) is 29.6. The van der Waals surface area contributed by atoms with Gasteiger partial charge in [0.1, 0.15) is 42.4 Å². The van der Waals surface area contributed by atoms with Crippen LogP contribution in [0.2, 0.25) is 0 Å². The molecule has 230 valence electrons. The summed E-state index contributed by atoms with van der Waals surface area (Å²) in [6, 6.07) is 7.17. The van der Waals surface area contributed by atoms with Crippen molar-refractivity contribution >= 4 is 65.6 Å². The maximum Gasteiger partial charge on any atom is 0.386 e. The Kier molecular flexibility index (Phi) is 7.60. The van der Waals surface area contributed by atoms with Gasteiger partial charge in [-0.25, -0.2) is 28.9 Å². The van der Waals surface area contributed by atoms with E-state index in [1.807, 2.05) is 6.07 Å². The third-order valence-electron chi connectivity index (χ3n) is 7.31. The third kappa shape index (κ3) is 5.41. The normalized spacial score (nSPS) is 38.9. The Bertz CT molecular complexity index is 1780. The van der Waals surface area contributed by atoms with E-state index in [1.54, 1.807) is 22.8 Å². The van der Waals surface area contributed by atoms with Crippen LogP contribution in [-0.4, -0.2) is 89.0 Å². The Balaban J connectivity index is 1.16. The van der Waals surface area contributed by atoms with E-state index in [2.05, 4.69) is 32.2 Å². The van der Waals surface area contributed by atoms with Gasteiger partial charge in [-0.05, 0) is 23.9 Å². The largest absolute Gasteiger partial charge is 0.386 e. The second-order valence-electron chi connectivity index (χ2n) is 9.96. The number of fused-ring (bicyclic) bond motifs is 4.